The van der Waals surface area contributed by atoms with Crippen LogP contribution in [0.4, 0.5) is 27.4 Å². The first-order valence-electron chi connectivity index (χ1n) is 19.6. The van der Waals surface area contributed by atoms with Crippen molar-refractivity contribution in [3.63, 3.8) is 0 Å². The standard InChI is InChI=1S/C41H38FN11O6S/c1-22(2)59-37-36(24-17-44-45-18-24)43-21-53-38(37)48-41(49-53)46-31-9-7-28(16-30(31)42)60(57,58)27-5-3-4-25(15-27)50-13-12-32-34(50)20-51(32)26-6-8-29-23(14-26)19-52(40(29)56)33-10-11-35(54)47-39(33)55/h3-9,14-18,21-22,32-34H,10-13,19-20H2,1-2H3,(H,44,45)(H,46,49)(H,47,54,55). The van der Waals surface area contributed by atoms with Gasteiger partial charge in [-0.2, -0.15) is 14.6 Å². The van der Waals surface area contributed by atoms with Gasteiger partial charge < -0.3 is 24.8 Å². The number of rotatable bonds is 10. The summed E-state index contributed by atoms with van der Waals surface area (Å²) in [7, 11) is -4.11. The molecule has 17 nitrogen and oxygen atoms in total. The minimum atomic E-state index is -4.11. The lowest BCUT2D eigenvalue weighted by Gasteiger charge is -2.49. The van der Waals surface area contributed by atoms with Crippen LogP contribution in [0.15, 0.2) is 89.2 Å². The second-order valence-electron chi connectivity index (χ2n) is 15.6. The number of hydrogen-bond donors (Lipinski definition) is 3. The van der Waals surface area contributed by atoms with Gasteiger partial charge >= 0.3 is 0 Å². The summed E-state index contributed by atoms with van der Waals surface area (Å²) in [6.07, 6.45) is 5.89. The maximum Gasteiger partial charge on any atom is 0.255 e. The highest BCUT2D eigenvalue weighted by molar-refractivity contribution is 7.91. The number of anilines is 4. The second-order valence-corrected chi connectivity index (χ2v) is 17.5. The van der Waals surface area contributed by atoms with Crippen LogP contribution in [-0.4, -0.2) is 98.1 Å². The van der Waals surface area contributed by atoms with E-state index < -0.39 is 27.6 Å². The first-order chi connectivity index (χ1) is 28.9. The van der Waals surface area contributed by atoms with Gasteiger partial charge in [-0.15, -0.1) is 5.10 Å². The highest BCUT2D eigenvalue weighted by atomic mass is 32.2. The molecule has 0 bridgehead atoms. The van der Waals surface area contributed by atoms with E-state index in [-0.39, 0.29) is 57.8 Å². The van der Waals surface area contributed by atoms with Gasteiger partial charge in [0, 0.05) is 54.8 Å². The van der Waals surface area contributed by atoms with Gasteiger partial charge in [-0.3, -0.25) is 24.8 Å². The Hall–Kier alpha value is -6.89. The first-order valence-corrected chi connectivity index (χ1v) is 21.0. The van der Waals surface area contributed by atoms with Crippen molar-refractivity contribution in [3.8, 4) is 17.0 Å². The van der Waals surface area contributed by atoms with E-state index in [1.54, 1.807) is 29.4 Å². The average molecular weight is 832 g/mol. The largest absolute Gasteiger partial charge is 0.485 e. The molecule has 0 aliphatic carbocycles. The number of sulfone groups is 1. The fraction of sp³-hybridized carbons (Fsp3) is 0.293. The maximum absolute atomic E-state index is 15.7. The van der Waals surface area contributed by atoms with Gasteiger partial charge in [0.1, 0.15) is 23.9 Å². The molecule has 6 aromatic rings. The van der Waals surface area contributed by atoms with E-state index >= 15 is 4.39 Å². The van der Waals surface area contributed by atoms with E-state index in [1.165, 1.54) is 29.0 Å². The number of nitrogens with one attached hydrogen (secondary N) is 3. The van der Waals surface area contributed by atoms with Crippen molar-refractivity contribution >= 4 is 56.2 Å². The number of halogens is 1. The fourth-order valence-electron chi connectivity index (χ4n) is 8.65. The molecule has 3 aromatic heterocycles. The van der Waals surface area contributed by atoms with Gasteiger partial charge in [0.25, 0.3) is 5.91 Å². The van der Waals surface area contributed by atoms with Crippen molar-refractivity contribution < 1.29 is 31.9 Å². The lowest BCUT2D eigenvalue weighted by Crippen LogP contribution is -2.62. The van der Waals surface area contributed by atoms with Crippen LogP contribution < -0.4 is 25.2 Å². The Balaban J connectivity index is 0.829. The molecular formula is C41H38FN11O6S. The monoisotopic (exact) mass is 831 g/mol. The van der Waals surface area contributed by atoms with Gasteiger partial charge in [0.2, 0.25) is 33.2 Å². The number of benzene rings is 3. The summed E-state index contributed by atoms with van der Waals surface area (Å²) in [6, 6.07) is 15.8. The number of fused-ring (bicyclic) bond motifs is 3. The van der Waals surface area contributed by atoms with E-state index in [1.807, 2.05) is 38.1 Å². The maximum atomic E-state index is 15.7. The predicted molar refractivity (Wildman–Crippen MR) is 215 cm³/mol. The number of piperidine rings is 1. The Labute approximate surface area is 342 Å². The molecule has 3 saturated heterocycles. The van der Waals surface area contributed by atoms with Crippen molar-refractivity contribution in [3.05, 3.63) is 96.3 Å². The van der Waals surface area contributed by atoms with Crippen LogP contribution in [0.2, 0.25) is 0 Å². The van der Waals surface area contributed by atoms with Crippen LogP contribution >= 0.6 is 0 Å². The van der Waals surface area contributed by atoms with Gasteiger partial charge in [0.15, 0.2) is 5.75 Å². The molecule has 4 aliphatic heterocycles. The molecular weight excluding hydrogens is 794 g/mol. The molecule has 19 heteroatoms. The highest BCUT2D eigenvalue weighted by Gasteiger charge is 2.48. The van der Waals surface area contributed by atoms with E-state index in [0.717, 1.165) is 29.4 Å². The Bertz CT molecular complexity index is 2850. The van der Waals surface area contributed by atoms with Crippen LogP contribution in [0.5, 0.6) is 5.75 Å². The number of nitrogens with zero attached hydrogens (tertiary/aromatic N) is 8. The number of carbonyl (C=O) groups is 3. The fourth-order valence-corrected chi connectivity index (χ4v) is 9.96. The summed E-state index contributed by atoms with van der Waals surface area (Å²) in [5, 5.41) is 16.3. The SMILES string of the molecule is CC(C)Oc1c(-c2cn[nH]c2)ncn2nc(Nc3ccc(S(=O)(=O)c4cccc(N5CCC6C5CN6c5ccc6c(c5)CN(C5CCC(=O)NC5=O)C6=O)c4)cc3F)nc12. The number of imide groups is 1. The highest BCUT2D eigenvalue weighted by Crippen LogP contribution is 2.41. The third-order valence-corrected chi connectivity index (χ3v) is 13.3. The van der Waals surface area contributed by atoms with Gasteiger partial charge in [-0.25, -0.2) is 17.8 Å². The molecule has 0 radical (unpaired) electrons. The molecule has 3 N–H and O–H groups in total. The van der Waals surface area contributed by atoms with Crippen molar-refractivity contribution in [1.29, 1.82) is 0 Å². The Morgan fingerprint density at radius 1 is 0.950 bits per heavy atom. The van der Waals surface area contributed by atoms with Crippen LogP contribution in [-0.2, 0) is 26.0 Å². The Kier molecular flexibility index (Phi) is 8.81. The van der Waals surface area contributed by atoms with E-state index in [2.05, 4.69) is 45.7 Å². The molecule has 0 spiro atoms. The third kappa shape index (κ3) is 6.27. The molecule has 7 heterocycles. The number of hydrogen-bond acceptors (Lipinski definition) is 13. The minimum absolute atomic E-state index is 0.0211. The molecule has 3 atom stereocenters. The van der Waals surface area contributed by atoms with Crippen LogP contribution in [0.3, 0.4) is 0 Å². The van der Waals surface area contributed by atoms with Crippen LogP contribution in [0.1, 0.15) is 49.0 Å². The summed E-state index contributed by atoms with van der Waals surface area (Å²) in [5.41, 5.74) is 4.65. The molecule has 10 rings (SSSR count). The molecule has 60 heavy (non-hydrogen) atoms. The van der Waals surface area contributed by atoms with Gasteiger partial charge in [-0.05, 0) is 86.8 Å². The molecule has 4 aliphatic rings. The summed E-state index contributed by atoms with van der Waals surface area (Å²) in [6.45, 7) is 5.44. The summed E-state index contributed by atoms with van der Waals surface area (Å²) >= 11 is 0. The minimum Gasteiger partial charge on any atom is -0.485 e. The number of ether oxygens (including phenoxy) is 1. The van der Waals surface area contributed by atoms with E-state index in [0.29, 0.717) is 54.3 Å². The topological polar surface area (TPSA) is 200 Å². The van der Waals surface area contributed by atoms with Crippen molar-refractivity contribution in [2.75, 3.05) is 28.2 Å². The van der Waals surface area contributed by atoms with Crippen molar-refractivity contribution in [1.82, 2.24) is 40.0 Å². The number of amides is 3. The molecule has 306 valence electrons. The van der Waals surface area contributed by atoms with Gasteiger partial charge in [0.05, 0.1) is 39.9 Å². The Morgan fingerprint density at radius 2 is 1.78 bits per heavy atom. The molecule has 3 amide bonds. The van der Waals surface area contributed by atoms with Gasteiger partial charge in [-0.1, -0.05) is 6.07 Å². The first kappa shape index (κ1) is 37.4. The zero-order valence-corrected chi connectivity index (χ0v) is 33.2. The number of carbonyl (C=O) groups excluding carboxylic acids is 3. The van der Waals surface area contributed by atoms with Crippen LogP contribution in [0, 0.1) is 5.82 Å². The summed E-state index contributed by atoms with van der Waals surface area (Å²) in [4.78, 5) is 52.3. The molecule has 3 aromatic carbocycles. The predicted octanol–water partition coefficient (Wildman–Crippen LogP) is 4.25. The molecule has 3 unspecified atom stereocenters. The zero-order chi connectivity index (χ0) is 41.4. The summed E-state index contributed by atoms with van der Waals surface area (Å²) < 4.78 is 51.0. The normalized spacial score (nSPS) is 20.1. The van der Waals surface area contributed by atoms with E-state index in [4.69, 9.17) is 4.74 Å². The van der Waals surface area contributed by atoms with Crippen molar-refractivity contribution in [2.45, 2.75) is 73.7 Å². The average Bonchev–Trinajstić information content (AvgIpc) is 4.02. The second kappa shape index (κ2) is 14.1. The number of aromatic nitrogens is 6. The third-order valence-electron chi connectivity index (χ3n) is 11.6. The smallest absolute Gasteiger partial charge is 0.255 e. The lowest BCUT2D eigenvalue weighted by atomic mass is 9.95. The van der Waals surface area contributed by atoms with Crippen LogP contribution in [0.25, 0.3) is 16.9 Å². The Morgan fingerprint density at radius 3 is 2.57 bits per heavy atom. The molecule has 0 saturated carbocycles. The molecule has 3 fully saturated rings. The number of H-pyrrole nitrogens is 1. The van der Waals surface area contributed by atoms with E-state index in [9.17, 15) is 22.8 Å². The quantitative estimate of drug-likeness (QED) is 0.166. The zero-order valence-electron chi connectivity index (χ0n) is 32.4. The summed E-state index contributed by atoms with van der Waals surface area (Å²) in [5.74, 6) is -1.36. The lowest BCUT2D eigenvalue weighted by molar-refractivity contribution is -0.136. The van der Waals surface area contributed by atoms with Crippen molar-refractivity contribution in [2.24, 2.45) is 0 Å². The number of aromatic amines is 1.